The molecule has 6 nitrogen and oxygen atoms in total. The average Bonchev–Trinajstić information content (AvgIpc) is 2.84. The van der Waals surface area contributed by atoms with Crippen molar-refractivity contribution >= 4 is 21.8 Å². The predicted octanol–water partition coefficient (Wildman–Crippen LogP) is 6.92. The van der Waals surface area contributed by atoms with Crippen molar-refractivity contribution in [3.05, 3.63) is 89.0 Å². The third kappa shape index (κ3) is 7.25. The fraction of sp³-hybridized carbons (Fsp3) is 0.296. The van der Waals surface area contributed by atoms with Crippen molar-refractivity contribution in [3.63, 3.8) is 0 Å². The van der Waals surface area contributed by atoms with Gasteiger partial charge in [-0.2, -0.15) is 21.6 Å². The lowest BCUT2D eigenvalue weighted by Crippen LogP contribution is -2.40. The molecule has 198 valence electrons. The van der Waals surface area contributed by atoms with Crippen LogP contribution in [0.2, 0.25) is 0 Å². The van der Waals surface area contributed by atoms with Gasteiger partial charge in [-0.25, -0.2) is 4.79 Å². The molecule has 0 saturated carbocycles. The molecule has 1 N–H and O–H groups in total. The first kappa shape index (κ1) is 28.0. The van der Waals surface area contributed by atoms with Crippen LogP contribution in [-0.2, 0) is 22.8 Å². The zero-order chi connectivity index (χ0) is 27.4. The fourth-order valence-corrected chi connectivity index (χ4v) is 4.53. The Morgan fingerprint density at radius 1 is 1.00 bits per heavy atom. The van der Waals surface area contributed by atoms with E-state index in [0.717, 1.165) is 29.3 Å². The van der Waals surface area contributed by atoms with Gasteiger partial charge in [0.05, 0.1) is 5.56 Å². The van der Waals surface area contributed by atoms with Crippen molar-refractivity contribution in [3.8, 4) is 5.75 Å². The van der Waals surface area contributed by atoms with Crippen molar-refractivity contribution in [1.82, 2.24) is 4.90 Å². The van der Waals surface area contributed by atoms with Crippen LogP contribution in [0.25, 0.3) is 0 Å². The second-order valence-electron chi connectivity index (χ2n) is 8.82. The Hall–Kier alpha value is -3.53. The molecule has 0 fully saturated rings. The first-order valence-electron chi connectivity index (χ1n) is 11.7. The summed E-state index contributed by atoms with van der Waals surface area (Å²) in [7, 11) is -4.52. The van der Waals surface area contributed by atoms with E-state index in [2.05, 4.69) is 5.32 Å². The van der Waals surface area contributed by atoms with Gasteiger partial charge < -0.3 is 14.4 Å². The summed E-state index contributed by atoms with van der Waals surface area (Å²) in [5.74, 6) is -0.0754. The maximum Gasteiger partial charge on any atom is 0.416 e. The number of halogens is 3. The SMILES string of the molecule is CCC(C)N(Cc1cccc(OS(=O)(=O)c2cccc(C(F)(F)F)c2)c1)C(=O)Nc1ccc(C)c(C)c1. The Morgan fingerprint density at radius 3 is 2.35 bits per heavy atom. The normalized spacial score (nSPS) is 12.6. The van der Waals surface area contributed by atoms with Crippen LogP contribution >= 0.6 is 0 Å². The van der Waals surface area contributed by atoms with Crippen molar-refractivity contribution in [2.24, 2.45) is 0 Å². The summed E-state index contributed by atoms with van der Waals surface area (Å²) in [6.07, 6.45) is -4.01. The Morgan fingerprint density at radius 2 is 1.70 bits per heavy atom. The lowest BCUT2D eigenvalue weighted by atomic mass is 10.1. The van der Waals surface area contributed by atoms with E-state index in [1.165, 1.54) is 12.1 Å². The number of amides is 2. The van der Waals surface area contributed by atoms with Gasteiger partial charge in [-0.05, 0) is 86.3 Å². The van der Waals surface area contributed by atoms with E-state index < -0.39 is 26.8 Å². The van der Waals surface area contributed by atoms with Gasteiger partial charge in [-0.1, -0.05) is 31.2 Å². The highest BCUT2D eigenvalue weighted by atomic mass is 32.2. The average molecular weight is 535 g/mol. The molecule has 0 spiro atoms. The van der Waals surface area contributed by atoms with E-state index in [1.807, 2.05) is 45.9 Å². The largest absolute Gasteiger partial charge is 0.416 e. The van der Waals surface area contributed by atoms with Gasteiger partial charge in [0, 0.05) is 18.3 Å². The van der Waals surface area contributed by atoms with E-state index >= 15 is 0 Å². The summed E-state index contributed by atoms with van der Waals surface area (Å²) in [6.45, 7) is 7.94. The number of carbonyl (C=O) groups excluding carboxylic acids is 1. The zero-order valence-corrected chi connectivity index (χ0v) is 21.8. The third-order valence-electron chi connectivity index (χ3n) is 6.05. The van der Waals surface area contributed by atoms with Crippen molar-refractivity contribution < 1.29 is 30.6 Å². The number of hydrogen-bond acceptors (Lipinski definition) is 4. The molecular weight excluding hydrogens is 505 g/mol. The summed E-state index contributed by atoms with van der Waals surface area (Å²) in [4.78, 5) is 14.1. The molecule has 37 heavy (non-hydrogen) atoms. The Bertz CT molecular complexity index is 1370. The third-order valence-corrected chi connectivity index (χ3v) is 7.29. The monoisotopic (exact) mass is 534 g/mol. The van der Waals surface area contributed by atoms with E-state index in [0.29, 0.717) is 23.7 Å². The minimum absolute atomic E-state index is 0.0754. The molecule has 3 aromatic rings. The molecule has 1 atom stereocenters. The van der Waals surface area contributed by atoms with Crippen LogP contribution in [0, 0.1) is 13.8 Å². The second-order valence-corrected chi connectivity index (χ2v) is 10.4. The maximum atomic E-state index is 13.1. The number of benzene rings is 3. The van der Waals surface area contributed by atoms with Gasteiger partial charge in [-0.3, -0.25) is 0 Å². The van der Waals surface area contributed by atoms with Crippen molar-refractivity contribution in [1.29, 1.82) is 0 Å². The molecule has 0 radical (unpaired) electrons. The van der Waals surface area contributed by atoms with Crippen molar-refractivity contribution in [2.75, 3.05) is 5.32 Å². The topological polar surface area (TPSA) is 75.7 Å². The number of nitrogens with one attached hydrogen (secondary N) is 1. The van der Waals surface area contributed by atoms with Gasteiger partial charge >= 0.3 is 22.3 Å². The van der Waals surface area contributed by atoms with Crippen molar-refractivity contribution in [2.45, 2.75) is 57.8 Å². The number of hydrogen-bond donors (Lipinski definition) is 1. The van der Waals surface area contributed by atoms with Crippen LogP contribution in [0.15, 0.2) is 71.6 Å². The minimum Gasteiger partial charge on any atom is -0.379 e. The van der Waals surface area contributed by atoms with Gasteiger partial charge in [0.2, 0.25) is 0 Å². The lowest BCUT2D eigenvalue weighted by Gasteiger charge is -2.29. The van der Waals surface area contributed by atoms with Gasteiger partial charge in [0.1, 0.15) is 10.6 Å². The molecule has 0 aliphatic heterocycles. The number of alkyl halides is 3. The van der Waals surface area contributed by atoms with Crippen LogP contribution in [0.3, 0.4) is 0 Å². The molecule has 2 amide bonds. The van der Waals surface area contributed by atoms with E-state index in [4.69, 9.17) is 4.18 Å². The molecule has 0 aliphatic rings. The van der Waals surface area contributed by atoms with Gasteiger partial charge in [0.15, 0.2) is 0 Å². The summed E-state index contributed by atoms with van der Waals surface area (Å²) < 4.78 is 69.5. The molecule has 0 bridgehead atoms. The summed E-state index contributed by atoms with van der Waals surface area (Å²) >= 11 is 0. The van der Waals surface area contributed by atoms with Crippen LogP contribution in [0.1, 0.15) is 42.5 Å². The maximum absolute atomic E-state index is 13.1. The fourth-order valence-electron chi connectivity index (χ4n) is 3.56. The van der Waals surface area contributed by atoms with E-state index in [-0.39, 0.29) is 24.4 Å². The Labute approximate surface area is 215 Å². The highest BCUT2D eigenvalue weighted by molar-refractivity contribution is 7.87. The number of anilines is 1. The number of rotatable bonds is 8. The zero-order valence-electron chi connectivity index (χ0n) is 21.0. The quantitative estimate of drug-likeness (QED) is 0.318. The molecule has 3 rings (SSSR count). The summed E-state index contributed by atoms with van der Waals surface area (Å²) in [5.41, 5.74) is 2.30. The molecule has 0 aliphatic carbocycles. The second kappa shape index (κ2) is 11.2. The molecule has 1 unspecified atom stereocenters. The molecule has 0 heterocycles. The Kier molecular flexibility index (Phi) is 8.53. The van der Waals surface area contributed by atoms with Crippen LogP contribution in [0.4, 0.5) is 23.7 Å². The van der Waals surface area contributed by atoms with Crippen LogP contribution < -0.4 is 9.50 Å². The highest BCUT2D eigenvalue weighted by Crippen LogP contribution is 2.31. The smallest absolute Gasteiger partial charge is 0.379 e. The summed E-state index contributed by atoms with van der Waals surface area (Å²) in [6, 6.07) is 14.6. The standard InChI is InChI=1S/C27H29F3N2O4S/c1-5-20(4)32(26(33)31-23-13-12-18(2)19(3)14-23)17-21-8-6-10-24(15-21)36-37(34,35)25-11-7-9-22(16-25)27(28,29)30/h6-16,20H,5,17H2,1-4H3,(H,31,33). The van der Waals surface area contributed by atoms with Gasteiger partial charge in [0.25, 0.3) is 0 Å². The van der Waals surface area contributed by atoms with E-state index in [1.54, 1.807) is 17.0 Å². The molecule has 0 saturated heterocycles. The number of carbonyl (C=O) groups is 1. The molecule has 0 aromatic heterocycles. The number of urea groups is 1. The predicted molar refractivity (Wildman–Crippen MR) is 136 cm³/mol. The summed E-state index contributed by atoms with van der Waals surface area (Å²) in [5, 5.41) is 2.91. The minimum atomic E-state index is -4.69. The number of aryl methyl sites for hydroxylation is 2. The molecule has 10 heteroatoms. The van der Waals surface area contributed by atoms with Crippen LogP contribution in [-0.4, -0.2) is 25.4 Å². The first-order chi connectivity index (χ1) is 17.3. The van der Waals surface area contributed by atoms with Crippen LogP contribution in [0.5, 0.6) is 5.75 Å². The molecule has 3 aromatic carbocycles. The molecular formula is C27H29F3N2O4S. The van der Waals surface area contributed by atoms with E-state index in [9.17, 15) is 26.4 Å². The van der Waals surface area contributed by atoms with Gasteiger partial charge in [-0.15, -0.1) is 0 Å². The Balaban J connectivity index is 1.80. The highest BCUT2D eigenvalue weighted by Gasteiger charge is 2.32. The number of nitrogens with zero attached hydrogens (tertiary/aromatic N) is 1. The first-order valence-corrected chi connectivity index (χ1v) is 13.1. The lowest BCUT2D eigenvalue weighted by molar-refractivity contribution is -0.137.